The van der Waals surface area contributed by atoms with Crippen molar-refractivity contribution in [2.45, 2.75) is 20.1 Å². The summed E-state index contributed by atoms with van der Waals surface area (Å²) in [4.78, 5) is 0. The van der Waals surface area contributed by atoms with Crippen LogP contribution in [0.15, 0.2) is 36.4 Å². The lowest BCUT2D eigenvalue weighted by Gasteiger charge is -2.12. The lowest BCUT2D eigenvalue weighted by atomic mass is 10.1. The summed E-state index contributed by atoms with van der Waals surface area (Å²) in [5.41, 5.74) is 8.34. The van der Waals surface area contributed by atoms with E-state index in [0.717, 1.165) is 11.1 Å². The summed E-state index contributed by atoms with van der Waals surface area (Å²) in [5, 5.41) is 0.101. The highest BCUT2D eigenvalue weighted by Gasteiger charge is 2.08. The van der Waals surface area contributed by atoms with Gasteiger partial charge in [0.1, 0.15) is 18.2 Å². The van der Waals surface area contributed by atoms with Crippen LogP contribution >= 0.6 is 11.6 Å². The van der Waals surface area contributed by atoms with Gasteiger partial charge >= 0.3 is 0 Å². The Kier molecular flexibility index (Phi) is 4.40. The first-order valence-electron chi connectivity index (χ1n) is 5.97. The monoisotopic (exact) mass is 279 g/mol. The van der Waals surface area contributed by atoms with E-state index in [1.165, 1.54) is 6.07 Å². The summed E-state index contributed by atoms with van der Waals surface area (Å²) in [6, 6.07) is 10.5. The molecule has 0 saturated heterocycles. The number of nitrogens with two attached hydrogens (primary N) is 1. The van der Waals surface area contributed by atoms with Crippen molar-refractivity contribution in [3.8, 4) is 5.75 Å². The molecule has 2 N–H and O–H groups in total. The largest absolute Gasteiger partial charge is 0.489 e. The zero-order valence-electron chi connectivity index (χ0n) is 10.6. The fraction of sp³-hybridized carbons (Fsp3) is 0.200. The molecule has 0 radical (unpaired) electrons. The van der Waals surface area contributed by atoms with Gasteiger partial charge in [0.15, 0.2) is 0 Å². The van der Waals surface area contributed by atoms with Crippen molar-refractivity contribution < 1.29 is 9.13 Å². The lowest BCUT2D eigenvalue weighted by Crippen LogP contribution is -2.03. The van der Waals surface area contributed by atoms with Crippen molar-refractivity contribution in [2.24, 2.45) is 5.73 Å². The van der Waals surface area contributed by atoms with Gasteiger partial charge in [-0.05, 0) is 19.1 Å². The fourth-order valence-corrected chi connectivity index (χ4v) is 2.00. The van der Waals surface area contributed by atoms with Gasteiger partial charge in [-0.3, -0.25) is 0 Å². The Morgan fingerprint density at radius 3 is 2.74 bits per heavy atom. The molecule has 4 heteroatoms. The topological polar surface area (TPSA) is 35.2 Å². The van der Waals surface area contributed by atoms with Gasteiger partial charge in [0, 0.05) is 17.7 Å². The fourth-order valence-electron chi connectivity index (χ4n) is 1.82. The smallest absolute Gasteiger partial charge is 0.142 e. The van der Waals surface area contributed by atoms with Crippen LogP contribution in [-0.4, -0.2) is 0 Å². The van der Waals surface area contributed by atoms with E-state index in [0.29, 0.717) is 17.9 Å². The van der Waals surface area contributed by atoms with Crippen molar-refractivity contribution in [1.82, 2.24) is 0 Å². The van der Waals surface area contributed by atoms with Gasteiger partial charge in [0.2, 0.25) is 0 Å². The highest BCUT2D eigenvalue weighted by molar-refractivity contribution is 6.31. The van der Waals surface area contributed by atoms with Gasteiger partial charge in [-0.2, -0.15) is 0 Å². The second-order valence-electron chi connectivity index (χ2n) is 4.32. The van der Waals surface area contributed by atoms with E-state index < -0.39 is 5.82 Å². The van der Waals surface area contributed by atoms with Crippen molar-refractivity contribution in [3.05, 3.63) is 63.9 Å². The number of benzene rings is 2. The molecule has 0 aliphatic rings. The standard InChI is InChI=1S/C15H15ClFNO/c1-10-5-6-14(12(7-10)8-18)19-9-11-3-2-4-13(17)15(11)16/h2-7H,8-9,18H2,1H3. The maximum atomic E-state index is 13.3. The van der Waals surface area contributed by atoms with E-state index in [2.05, 4.69) is 0 Å². The highest BCUT2D eigenvalue weighted by Crippen LogP contribution is 2.24. The van der Waals surface area contributed by atoms with E-state index in [4.69, 9.17) is 22.1 Å². The second-order valence-corrected chi connectivity index (χ2v) is 4.69. The molecule has 2 rings (SSSR count). The molecule has 0 aliphatic heterocycles. The third-order valence-electron chi connectivity index (χ3n) is 2.85. The Bertz CT molecular complexity index is 586. The molecule has 2 aromatic rings. The molecule has 0 unspecified atom stereocenters. The molecule has 2 aromatic carbocycles. The van der Waals surface area contributed by atoms with Crippen LogP contribution < -0.4 is 10.5 Å². The van der Waals surface area contributed by atoms with Gasteiger partial charge in [0.25, 0.3) is 0 Å². The lowest BCUT2D eigenvalue weighted by molar-refractivity contribution is 0.302. The summed E-state index contributed by atoms with van der Waals surface area (Å²) in [6.07, 6.45) is 0. The van der Waals surface area contributed by atoms with Crippen molar-refractivity contribution in [2.75, 3.05) is 0 Å². The van der Waals surface area contributed by atoms with Crippen molar-refractivity contribution in [3.63, 3.8) is 0 Å². The number of rotatable bonds is 4. The van der Waals surface area contributed by atoms with E-state index in [-0.39, 0.29) is 11.6 Å². The third-order valence-corrected chi connectivity index (χ3v) is 3.27. The minimum atomic E-state index is -0.439. The Hall–Kier alpha value is -1.58. The van der Waals surface area contributed by atoms with Crippen LogP contribution in [0.25, 0.3) is 0 Å². The Balaban J connectivity index is 2.17. The van der Waals surface area contributed by atoms with Gasteiger partial charge in [-0.1, -0.05) is 41.4 Å². The van der Waals surface area contributed by atoms with E-state index >= 15 is 0 Å². The molecule has 2 nitrogen and oxygen atoms in total. The van der Waals surface area contributed by atoms with E-state index in [1.807, 2.05) is 25.1 Å². The maximum Gasteiger partial charge on any atom is 0.142 e. The molecule has 19 heavy (non-hydrogen) atoms. The number of hydrogen-bond donors (Lipinski definition) is 1. The van der Waals surface area contributed by atoms with E-state index in [9.17, 15) is 4.39 Å². The van der Waals surface area contributed by atoms with Gasteiger partial charge < -0.3 is 10.5 Å². The molecule has 0 spiro atoms. The summed E-state index contributed by atoms with van der Waals surface area (Å²) >= 11 is 5.88. The molecule has 0 fully saturated rings. The average Bonchev–Trinajstić information content (AvgIpc) is 2.41. The Morgan fingerprint density at radius 2 is 2.00 bits per heavy atom. The summed E-state index contributed by atoms with van der Waals surface area (Å²) < 4.78 is 19.0. The van der Waals surface area contributed by atoms with Gasteiger partial charge in [0.05, 0.1) is 5.02 Å². The second kappa shape index (κ2) is 6.04. The molecule has 0 amide bonds. The molecule has 0 bridgehead atoms. The molecule has 0 saturated carbocycles. The van der Waals surface area contributed by atoms with Crippen LogP contribution in [0.1, 0.15) is 16.7 Å². The minimum Gasteiger partial charge on any atom is -0.489 e. The number of ether oxygens (including phenoxy) is 1. The van der Waals surface area contributed by atoms with Crippen LogP contribution in [0, 0.1) is 12.7 Å². The van der Waals surface area contributed by atoms with E-state index in [1.54, 1.807) is 12.1 Å². The zero-order valence-corrected chi connectivity index (χ0v) is 11.4. The molecule has 0 aliphatic carbocycles. The van der Waals surface area contributed by atoms with Crippen LogP contribution in [0.3, 0.4) is 0 Å². The van der Waals surface area contributed by atoms with Crippen LogP contribution in [0.4, 0.5) is 4.39 Å². The first-order valence-corrected chi connectivity index (χ1v) is 6.35. The first kappa shape index (κ1) is 13.8. The Morgan fingerprint density at radius 1 is 1.21 bits per heavy atom. The number of halogens is 2. The molecule has 0 aromatic heterocycles. The van der Waals surface area contributed by atoms with Gasteiger partial charge in [-0.25, -0.2) is 4.39 Å². The molecule has 0 atom stereocenters. The highest BCUT2D eigenvalue weighted by atomic mass is 35.5. The third kappa shape index (κ3) is 3.25. The summed E-state index contributed by atoms with van der Waals surface area (Å²) in [7, 11) is 0. The predicted molar refractivity (Wildman–Crippen MR) is 74.8 cm³/mol. The van der Waals surface area contributed by atoms with Gasteiger partial charge in [-0.15, -0.1) is 0 Å². The zero-order chi connectivity index (χ0) is 13.8. The minimum absolute atomic E-state index is 0.101. The maximum absolute atomic E-state index is 13.3. The van der Waals surface area contributed by atoms with Crippen LogP contribution in [0.5, 0.6) is 5.75 Å². The number of hydrogen-bond acceptors (Lipinski definition) is 2. The first-order chi connectivity index (χ1) is 9.11. The predicted octanol–water partition coefficient (Wildman–Crippen LogP) is 3.83. The molecule has 100 valence electrons. The quantitative estimate of drug-likeness (QED) is 0.923. The Labute approximate surface area is 117 Å². The molecule has 0 heterocycles. The SMILES string of the molecule is Cc1ccc(OCc2cccc(F)c2Cl)c(CN)c1. The number of aryl methyl sites for hydroxylation is 1. The van der Waals surface area contributed by atoms with Crippen LogP contribution in [0.2, 0.25) is 5.02 Å². The van der Waals surface area contributed by atoms with Crippen molar-refractivity contribution >= 4 is 11.6 Å². The summed E-state index contributed by atoms with van der Waals surface area (Å²) in [5.74, 6) is 0.263. The van der Waals surface area contributed by atoms with Crippen LogP contribution in [-0.2, 0) is 13.2 Å². The molecular formula is C15H15ClFNO. The molecular weight excluding hydrogens is 265 g/mol. The summed E-state index contributed by atoms with van der Waals surface area (Å²) in [6.45, 7) is 2.60. The normalized spacial score (nSPS) is 10.5. The average molecular weight is 280 g/mol. The van der Waals surface area contributed by atoms with Crippen molar-refractivity contribution in [1.29, 1.82) is 0 Å².